The van der Waals surface area contributed by atoms with E-state index in [0.717, 1.165) is 24.6 Å². The molecule has 0 amide bonds. The maximum absolute atomic E-state index is 13.2. The number of phenols is 1. The summed E-state index contributed by atoms with van der Waals surface area (Å²) >= 11 is 0. The number of aromatic nitrogens is 1. The highest BCUT2D eigenvalue weighted by molar-refractivity contribution is 5.49. The highest BCUT2D eigenvalue weighted by Gasteiger charge is 2.07. The summed E-state index contributed by atoms with van der Waals surface area (Å²) in [6.07, 6.45) is 1.74. The molecule has 4 nitrogen and oxygen atoms in total. The lowest BCUT2D eigenvalue weighted by molar-refractivity contribution is 0.427. The van der Waals surface area contributed by atoms with E-state index in [1.165, 1.54) is 6.07 Å². The van der Waals surface area contributed by atoms with Crippen LogP contribution in [0.4, 0.5) is 15.9 Å². The Morgan fingerprint density at radius 2 is 1.95 bits per heavy atom. The molecule has 21 heavy (non-hydrogen) atoms. The predicted octanol–water partition coefficient (Wildman–Crippen LogP) is 3.38. The van der Waals surface area contributed by atoms with Crippen LogP contribution in [0.15, 0.2) is 36.5 Å². The molecule has 0 fully saturated rings. The van der Waals surface area contributed by atoms with Crippen LogP contribution in [0.5, 0.6) is 5.75 Å². The molecule has 0 aliphatic heterocycles. The van der Waals surface area contributed by atoms with Gasteiger partial charge in [0.15, 0.2) is 11.6 Å². The van der Waals surface area contributed by atoms with Gasteiger partial charge in [0.2, 0.25) is 0 Å². The lowest BCUT2D eigenvalue weighted by Crippen LogP contribution is -2.22. The van der Waals surface area contributed by atoms with Crippen molar-refractivity contribution < 1.29 is 9.50 Å². The molecule has 2 aromatic rings. The molecule has 0 aliphatic rings. The maximum Gasteiger partial charge on any atom is 0.165 e. The van der Waals surface area contributed by atoms with Gasteiger partial charge in [0, 0.05) is 25.2 Å². The smallest absolute Gasteiger partial charge is 0.165 e. The average molecular weight is 289 g/mol. The first-order valence-electron chi connectivity index (χ1n) is 7.07. The van der Waals surface area contributed by atoms with Crippen molar-refractivity contribution in [2.75, 3.05) is 23.3 Å². The number of para-hydroxylation sites is 1. The van der Waals surface area contributed by atoms with Crippen molar-refractivity contribution in [2.24, 2.45) is 0 Å². The van der Waals surface area contributed by atoms with E-state index in [0.29, 0.717) is 12.1 Å². The predicted molar refractivity (Wildman–Crippen MR) is 83.2 cm³/mol. The Balaban J connectivity index is 2.02. The van der Waals surface area contributed by atoms with E-state index < -0.39 is 5.82 Å². The second-order valence-electron chi connectivity index (χ2n) is 4.68. The van der Waals surface area contributed by atoms with Crippen molar-refractivity contribution in [1.29, 1.82) is 0 Å². The number of anilines is 2. The Morgan fingerprint density at radius 3 is 2.57 bits per heavy atom. The minimum atomic E-state index is -0.607. The van der Waals surface area contributed by atoms with Crippen LogP contribution < -0.4 is 10.2 Å². The molecule has 112 valence electrons. The number of phenolic OH excluding ortho intramolecular Hbond substituents is 1. The van der Waals surface area contributed by atoms with E-state index in [4.69, 9.17) is 0 Å². The molecule has 0 unspecified atom stereocenters. The second-order valence-corrected chi connectivity index (χ2v) is 4.68. The molecule has 0 bridgehead atoms. The average Bonchev–Trinajstić information content (AvgIpc) is 2.51. The fourth-order valence-electron chi connectivity index (χ4n) is 2.13. The molecule has 1 aromatic heterocycles. The Hall–Kier alpha value is -2.30. The van der Waals surface area contributed by atoms with Gasteiger partial charge in [-0.25, -0.2) is 9.37 Å². The number of aromatic hydroxyl groups is 1. The molecule has 0 saturated heterocycles. The van der Waals surface area contributed by atoms with Gasteiger partial charge in [0.05, 0.1) is 11.9 Å². The standard InChI is InChI=1S/C16H20FN3O/c1-3-20(4-2)15-9-8-13(11-19-15)18-10-12-6-5-7-14(17)16(12)21/h5-9,11,18,21H,3-4,10H2,1-2H3. The highest BCUT2D eigenvalue weighted by atomic mass is 19.1. The monoisotopic (exact) mass is 289 g/mol. The molecule has 5 heteroatoms. The summed E-state index contributed by atoms with van der Waals surface area (Å²) in [6.45, 7) is 6.34. The normalized spacial score (nSPS) is 10.4. The third kappa shape index (κ3) is 3.62. The summed E-state index contributed by atoms with van der Waals surface area (Å²) in [6, 6.07) is 8.37. The van der Waals surface area contributed by atoms with Crippen molar-refractivity contribution in [2.45, 2.75) is 20.4 Å². The van der Waals surface area contributed by atoms with E-state index in [-0.39, 0.29) is 5.75 Å². The number of nitrogens with one attached hydrogen (secondary N) is 1. The zero-order chi connectivity index (χ0) is 15.2. The van der Waals surface area contributed by atoms with E-state index in [1.54, 1.807) is 18.3 Å². The summed E-state index contributed by atoms with van der Waals surface area (Å²) in [5.41, 5.74) is 1.34. The van der Waals surface area contributed by atoms with Gasteiger partial charge < -0.3 is 15.3 Å². The molecule has 0 atom stereocenters. The first-order valence-corrected chi connectivity index (χ1v) is 7.07. The Morgan fingerprint density at radius 1 is 1.19 bits per heavy atom. The molecular formula is C16H20FN3O. The number of halogens is 1. The van der Waals surface area contributed by atoms with Crippen molar-refractivity contribution >= 4 is 11.5 Å². The third-order valence-corrected chi connectivity index (χ3v) is 3.39. The maximum atomic E-state index is 13.2. The van der Waals surface area contributed by atoms with Gasteiger partial charge in [-0.2, -0.15) is 0 Å². The summed E-state index contributed by atoms with van der Waals surface area (Å²) in [4.78, 5) is 6.55. The first kappa shape index (κ1) is 15.1. The van der Waals surface area contributed by atoms with Crippen molar-refractivity contribution in [3.05, 3.63) is 47.9 Å². The number of benzene rings is 1. The van der Waals surface area contributed by atoms with Crippen LogP contribution in [0.3, 0.4) is 0 Å². The van der Waals surface area contributed by atoms with Gasteiger partial charge in [0.25, 0.3) is 0 Å². The summed E-state index contributed by atoms with van der Waals surface area (Å²) in [7, 11) is 0. The summed E-state index contributed by atoms with van der Waals surface area (Å²) in [5, 5.41) is 12.7. The van der Waals surface area contributed by atoms with Crippen LogP contribution in [-0.4, -0.2) is 23.2 Å². The highest BCUT2D eigenvalue weighted by Crippen LogP contribution is 2.22. The largest absolute Gasteiger partial charge is 0.505 e. The fourth-order valence-corrected chi connectivity index (χ4v) is 2.13. The number of pyridine rings is 1. The van der Waals surface area contributed by atoms with Crippen LogP contribution in [0.25, 0.3) is 0 Å². The Bertz CT molecular complexity index is 583. The van der Waals surface area contributed by atoms with E-state index in [2.05, 4.69) is 29.0 Å². The minimum Gasteiger partial charge on any atom is -0.505 e. The number of hydrogen-bond acceptors (Lipinski definition) is 4. The SMILES string of the molecule is CCN(CC)c1ccc(NCc2cccc(F)c2O)cn1. The van der Waals surface area contributed by atoms with Crippen LogP contribution >= 0.6 is 0 Å². The van der Waals surface area contributed by atoms with Gasteiger partial charge in [-0.15, -0.1) is 0 Å². The van der Waals surface area contributed by atoms with Crippen LogP contribution in [0.2, 0.25) is 0 Å². The second kappa shape index (κ2) is 6.92. The zero-order valence-corrected chi connectivity index (χ0v) is 12.3. The molecule has 0 radical (unpaired) electrons. The molecule has 0 aliphatic carbocycles. The number of nitrogens with zero attached hydrogens (tertiary/aromatic N) is 2. The molecule has 1 aromatic carbocycles. The Kier molecular flexibility index (Phi) is 4.98. The van der Waals surface area contributed by atoms with Crippen LogP contribution in [0, 0.1) is 5.82 Å². The fraction of sp³-hybridized carbons (Fsp3) is 0.312. The lowest BCUT2D eigenvalue weighted by Gasteiger charge is -2.19. The van der Waals surface area contributed by atoms with Crippen molar-refractivity contribution in [1.82, 2.24) is 4.98 Å². The van der Waals surface area contributed by atoms with Gasteiger partial charge in [-0.05, 0) is 32.0 Å². The van der Waals surface area contributed by atoms with Gasteiger partial charge in [0.1, 0.15) is 5.82 Å². The molecule has 2 rings (SSSR count). The number of hydrogen-bond donors (Lipinski definition) is 2. The quantitative estimate of drug-likeness (QED) is 0.856. The Labute approximate surface area is 124 Å². The topological polar surface area (TPSA) is 48.4 Å². The molecule has 1 heterocycles. The third-order valence-electron chi connectivity index (χ3n) is 3.39. The van der Waals surface area contributed by atoms with Crippen molar-refractivity contribution in [3.8, 4) is 5.75 Å². The van der Waals surface area contributed by atoms with Crippen molar-refractivity contribution in [3.63, 3.8) is 0 Å². The summed E-state index contributed by atoms with van der Waals surface area (Å²) in [5.74, 6) is 0.0150. The van der Waals surface area contributed by atoms with Crippen LogP contribution in [-0.2, 0) is 6.54 Å². The first-order chi connectivity index (χ1) is 10.2. The summed E-state index contributed by atoms with van der Waals surface area (Å²) < 4.78 is 13.2. The molecular weight excluding hydrogens is 269 g/mol. The molecule has 0 saturated carbocycles. The van der Waals surface area contributed by atoms with Crippen LogP contribution in [0.1, 0.15) is 19.4 Å². The zero-order valence-electron chi connectivity index (χ0n) is 12.3. The van der Waals surface area contributed by atoms with E-state index in [9.17, 15) is 9.50 Å². The van der Waals surface area contributed by atoms with Gasteiger partial charge >= 0.3 is 0 Å². The van der Waals surface area contributed by atoms with E-state index >= 15 is 0 Å². The number of rotatable bonds is 6. The molecule has 2 N–H and O–H groups in total. The molecule has 0 spiro atoms. The van der Waals surface area contributed by atoms with Gasteiger partial charge in [-0.3, -0.25) is 0 Å². The minimum absolute atomic E-state index is 0.308. The van der Waals surface area contributed by atoms with E-state index in [1.807, 2.05) is 12.1 Å². The van der Waals surface area contributed by atoms with Gasteiger partial charge in [-0.1, -0.05) is 12.1 Å². The lowest BCUT2D eigenvalue weighted by atomic mass is 10.2.